The van der Waals surface area contributed by atoms with Crippen LogP contribution in [0.3, 0.4) is 0 Å². The van der Waals surface area contributed by atoms with Gasteiger partial charge in [-0.15, -0.1) is 0 Å². The summed E-state index contributed by atoms with van der Waals surface area (Å²) >= 11 is 0. The molecule has 1 amide bonds. The van der Waals surface area contributed by atoms with Gasteiger partial charge < -0.3 is 14.7 Å². The summed E-state index contributed by atoms with van der Waals surface area (Å²) in [5.74, 6) is -0.0768. The molecule has 0 unspecified atom stereocenters. The molecule has 29 heavy (non-hydrogen) atoms. The second-order valence-corrected chi connectivity index (χ2v) is 7.90. The largest absolute Gasteiger partial charge is 0.378 e. The zero-order chi connectivity index (χ0) is 20.8. The van der Waals surface area contributed by atoms with Crippen LogP contribution in [0.2, 0.25) is 0 Å². The molecule has 0 aliphatic carbocycles. The summed E-state index contributed by atoms with van der Waals surface area (Å²) in [5.41, 5.74) is 3.32. The molecule has 3 rings (SSSR count). The van der Waals surface area contributed by atoms with Crippen LogP contribution in [0.5, 0.6) is 0 Å². The number of rotatable bonds is 6. The van der Waals surface area contributed by atoms with Crippen LogP contribution in [0.25, 0.3) is 0 Å². The van der Waals surface area contributed by atoms with Crippen molar-refractivity contribution in [1.29, 1.82) is 0 Å². The zero-order valence-corrected chi connectivity index (χ0v) is 17.6. The Bertz CT molecular complexity index is 792. The number of likely N-dealkylation sites (N-methyl/N-ethyl adjacent to an activating group) is 1. The molecule has 1 fully saturated rings. The second-order valence-electron chi connectivity index (χ2n) is 7.90. The molecular formula is C23H31FN4O. The fourth-order valence-corrected chi connectivity index (χ4v) is 3.61. The molecule has 0 aromatic heterocycles. The Balaban J connectivity index is 1.50. The fraction of sp³-hybridized carbons (Fsp3) is 0.435. The highest BCUT2D eigenvalue weighted by Crippen LogP contribution is 2.17. The van der Waals surface area contributed by atoms with E-state index in [2.05, 4.69) is 39.0 Å². The van der Waals surface area contributed by atoms with Gasteiger partial charge in [0.05, 0.1) is 6.54 Å². The smallest absolute Gasteiger partial charge is 0.236 e. The lowest BCUT2D eigenvalue weighted by atomic mass is 10.2. The van der Waals surface area contributed by atoms with Crippen LogP contribution in [0.4, 0.5) is 15.8 Å². The molecule has 2 aromatic carbocycles. The Morgan fingerprint density at radius 2 is 1.62 bits per heavy atom. The van der Waals surface area contributed by atoms with Crippen LogP contribution < -0.4 is 9.80 Å². The van der Waals surface area contributed by atoms with E-state index in [4.69, 9.17) is 0 Å². The summed E-state index contributed by atoms with van der Waals surface area (Å²) in [5, 5.41) is 0. The number of nitrogens with zero attached hydrogens (tertiary/aromatic N) is 4. The van der Waals surface area contributed by atoms with Crippen LogP contribution in [-0.2, 0) is 11.3 Å². The average Bonchev–Trinajstić information content (AvgIpc) is 2.94. The minimum absolute atomic E-state index is 0.136. The van der Waals surface area contributed by atoms with Gasteiger partial charge >= 0.3 is 0 Å². The van der Waals surface area contributed by atoms with E-state index in [1.165, 1.54) is 12.1 Å². The normalized spacial score (nSPS) is 15.1. The zero-order valence-electron chi connectivity index (χ0n) is 17.6. The third-order valence-electron chi connectivity index (χ3n) is 5.44. The maximum Gasteiger partial charge on any atom is 0.236 e. The third-order valence-corrected chi connectivity index (χ3v) is 5.44. The van der Waals surface area contributed by atoms with Gasteiger partial charge in [0.1, 0.15) is 5.82 Å². The predicted molar refractivity (Wildman–Crippen MR) is 117 cm³/mol. The summed E-state index contributed by atoms with van der Waals surface area (Å²) in [6.07, 6.45) is 0.986. The Kier molecular flexibility index (Phi) is 7.09. The van der Waals surface area contributed by atoms with Crippen molar-refractivity contribution in [1.82, 2.24) is 9.80 Å². The lowest BCUT2D eigenvalue weighted by Gasteiger charge is -2.25. The molecule has 0 saturated carbocycles. The van der Waals surface area contributed by atoms with Crippen molar-refractivity contribution in [3.8, 4) is 0 Å². The van der Waals surface area contributed by atoms with Gasteiger partial charge in [-0.1, -0.05) is 12.1 Å². The second kappa shape index (κ2) is 9.74. The van der Waals surface area contributed by atoms with Crippen LogP contribution in [0, 0.1) is 5.82 Å². The molecule has 156 valence electrons. The van der Waals surface area contributed by atoms with Crippen molar-refractivity contribution >= 4 is 17.3 Å². The molecular weight excluding hydrogens is 367 g/mol. The summed E-state index contributed by atoms with van der Waals surface area (Å²) in [4.78, 5) is 21.1. The Morgan fingerprint density at radius 1 is 0.931 bits per heavy atom. The van der Waals surface area contributed by atoms with E-state index < -0.39 is 0 Å². The number of anilines is 2. The number of halogens is 1. The molecule has 6 heteroatoms. The van der Waals surface area contributed by atoms with Crippen LogP contribution in [-0.4, -0.2) is 69.6 Å². The molecule has 0 bridgehead atoms. The highest BCUT2D eigenvalue weighted by atomic mass is 19.1. The maximum absolute atomic E-state index is 13.2. The van der Waals surface area contributed by atoms with Crippen molar-refractivity contribution in [2.75, 3.05) is 63.7 Å². The van der Waals surface area contributed by atoms with E-state index in [9.17, 15) is 9.18 Å². The number of carbonyl (C=O) groups is 1. The summed E-state index contributed by atoms with van der Waals surface area (Å²) in [6, 6.07) is 15.0. The molecule has 2 aromatic rings. The number of carbonyl (C=O) groups excluding carboxylic acids is 1. The molecule has 5 nitrogen and oxygen atoms in total. The molecule has 0 N–H and O–H groups in total. The van der Waals surface area contributed by atoms with Crippen LogP contribution in [0.15, 0.2) is 48.5 Å². The van der Waals surface area contributed by atoms with E-state index in [-0.39, 0.29) is 11.7 Å². The van der Waals surface area contributed by atoms with Gasteiger partial charge in [0.25, 0.3) is 0 Å². The molecule has 1 aliphatic rings. The topological polar surface area (TPSA) is 30.0 Å². The first-order chi connectivity index (χ1) is 13.9. The Labute approximate surface area is 173 Å². The molecule has 0 radical (unpaired) electrons. The van der Waals surface area contributed by atoms with E-state index in [0.717, 1.165) is 49.5 Å². The Morgan fingerprint density at radius 3 is 2.28 bits per heavy atom. The van der Waals surface area contributed by atoms with Crippen molar-refractivity contribution in [2.24, 2.45) is 0 Å². The number of amides is 1. The van der Waals surface area contributed by atoms with Gasteiger partial charge in [0, 0.05) is 65.2 Å². The van der Waals surface area contributed by atoms with Crippen LogP contribution in [0.1, 0.15) is 12.0 Å². The van der Waals surface area contributed by atoms with E-state index in [1.807, 2.05) is 33.3 Å². The predicted octanol–water partition coefficient (Wildman–Crippen LogP) is 3.06. The summed E-state index contributed by atoms with van der Waals surface area (Å²) in [7, 11) is 5.90. The van der Waals surface area contributed by atoms with Crippen molar-refractivity contribution in [3.05, 3.63) is 59.9 Å². The number of hydrogen-bond acceptors (Lipinski definition) is 4. The third kappa shape index (κ3) is 5.94. The molecule has 0 spiro atoms. The van der Waals surface area contributed by atoms with Gasteiger partial charge in [-0.2, -0.15) is 0 Å². The lowest BCUT2D eigenvalue weighted by Crippen LogP contribution is -2.40. The Hall–Kier alpha value is -2.60. The fourth-order valence-electron chi connectivity index (χ4n) is 3.61. The van der Waals surface area contributed by atoms with Crippen molar-refractivity contribution in [3.63, 3.8) is 0 Å². The molecule has 1 heterocycles. The first-order valence-electron chi connectivity index (χ1n) is 10.2. The number of benzene rings is 2. The summed E-state index contributed by atoms with van der Waals surface area (Å²) in [6.45, 7) is 4.54. The van der Waals surface area contributed by atoms with E-state index in [1.54, 1.807) is 4.90 Å². The lowest BCUT2D eigenvalue weighted by molar-refractivity contribution is -0.131. The monoisotopic (exact) mass is 398 g/mol. The first kappa shape index (κ1) is 21.1. The van der Waals surface area contributed by atoms with E-state index in [0.29, 0.717) is 13.1 Å². The molecule has 1 aliphatic heterocycles. The number of hydrogen-bond donors (Lipinski definition) is 0. The quantitative estimate of drug-likeness (QED) is 0.748. The highest BCUT2D eigenvalue weighted by Gasteiger charge is 2.19. The standard InChI is InChI=1S/C23H31FN4O/c1-25(2)21-9-5-19(6-10-21)17-26(3)23(29)18-27-13-4-14-28(16-15-27)22-11-7-20(24)8-12-22/h5-12H,4,13-18H2,1-3H3. The molecule has 0 atom stereocenters. The SMILES string of the molecule is CN(Cc1ccc(N(C)C)cc1)C(=O)CN1CCCN(c2ccc(F)cc2)CC1. The van der Waals surface area contributed by atoms with Crippen LogP contribution >= 0.6 is 0 Å². The minimum Gasteiger partial charge on any atom is -0.378 e. The van der Waals surface area contributed by atoms with Crippen molar-refractivity contribution in [2.45, 2.75) is 13.0 Å². The maximum atomic E-state index is 13.2. The summed E-state index contributed by atoms with van der Waals surface area (Å²) < 4.78 is 13.2. The van der Waals surface area contributed by atoms with Gasteiger partial charge in [-0.25, -0.2) is 4.39 Å². The van der Waals surface area contributed by atoms with Crippen molar-refractivity contribution < 1.29 is 9.18 Å². The highest BCUT2D eigenvalue weighted by molar-refractivity contribution is 5.78. The van der Waals surface area contributed by atoms with Gasteiger partial charge in [-0.3, -0.25) is 9.69 Å². The van der Waals surface area contributed by atoms with Gasteiger partial charge in [-0.05, 0) is 48.4 Å². The van der Waals surface area contributed by atoms with Gasteiger partial charge in [0.15, 0.2) is 0 Å². The average molecular weight is 399 g/mol. The first-order valence-corrected chi connectivity index (χ1v) is 10.2. The molecule has 1 saturated heterocycles. The van der Waals surface area contributed by atoms with Gasteiger partial charge in [0.2, 0.25) is 5.91 Å². The minimum atomic E-state index is -0.213. The van der Waals surface area contributed by atoms with E-state index >= 15 is 0 Å².